The topological polar surface area (TPSA) is 91.3 Å². The molecule has 0 heterocycles. The van der Waals surface area contributed by atoms with Crippen molar-refractivity contribution in [2.75, 3.05) is 26.4 Å². The number of phenolic OH excluding ortho intramolecular Hbond substituents is 1. The summed E-state index contributed by atoms with van der Waals surface area (Å²) in [6, 6.07) is 2.13. The summed E-state index contributed by atoms with van der Waals surface area (Å²) in [5, 5.41) is 10.5. The van der Waals surface area contributed by atoms with Gasteiger partial charge in [0.1, 0.15) is 5.75 Å². The van der Waals surface area contributed by atoms with Gasteiger partial charge in [0.15, 0.2) is 5.40 Å². The lowest BCUT2D eigenvalue weighted by molar-refractivity contribution is 0.176. The number of unbranched alkanes of at least 4 members (excludes halogenated alkanes) is 4. The summed E-state index contributed by atoms with van der Waals surface area (Å²) in [6.45, 7) is 15.3. The molecule has 0 unspecified atom stereocenters. The van der Waals surface area contributed by atoms with Crippen LogP contribution >= 0.6 is 15.2 Å². The first-order valence-corrected chi connectivity index (χ1v) is 19.3. The van der Waals surface area contributed by atoms with Crippen molar-refractivity contribution >= 4 is 15.2 Å². The first-order chi connectivity index (χ1) is 19.5. The minimum atomic E-state index is -3.98. The van der Waals surface area contributed by atoms with Gasteiger partial charge in [-0.15, -0.1) is 0 Å². The normalized spacial score (nSPS) is 14.5. The van der Waals surface area contributed by atoms with Crippen molar-refractivity contribution < 1.29 is 32.3 Å². The third kappa shape index (κ3) is 10.5. The third-order valence-electron chi connectivity index (χ3n) is 7.66. The monoisotopic (exact) mass is 616 g/mol. The van der Waals surface area contributed by atoms with Gasteiger partial charge in [0.05, 0.1) is 26.4 Å². The minimum absolute atomic E-state index is 0.110. The van der Waals surface area contributed by atoms with Crippen LogP contribution in [0.1, 0.15) is 135 Å². The molecule has 1 aliphatic carbocycles. The smallest absolute Gasteiger partial charge is 0.346 e. The molecule has 0 saturated carbocycles. The molecule has 0 atom stereocenters. The van der Waals surface area contributed by atoms with Crippen LogP contribution in [0.25, 0.3) is 0 Å². The summed E-state index contributed by atoms with van der Waals surface area (Å²) in [4.78, 5) is 0. The molecule has 9 heteroatoms. The highest BCUT2D eigenvalue weighted by molar-refractivity contribution is 7.72. The summed E-state index contributed by atoms with van der Waals surface area (Å²) < 4.78 is 54.2. The maximum absolute atomic E-state index is 14.9. The van der Waals surface area contributed by atoms with Crippen LogP contribution in [0.5, 0.6) is 5.75 Å². The number of fused-ring (bicyclic) bond motifs is 1. The number of benzene rings is 1. The number of phenols is 1. The Kier molecular flexibility index (Phi) is 15.6. The van der Waals surface area contributed by atoms with Gasteiger partial charge in [-0.05, 0) is 79.9 Å². The molecule has 0 saturated heterocycles. The summed E-state index contributed by atoms with van der Waals surface area (Å²) in [6.07, 6.45) is 10.2. The van der Waals surface area contributed by atoms with Crippen LogP contribution in [0.3, 0.4) is 0 Å². The van der Waals surface area contributed by atoms with Gasteiger partial charge < -0.3 is 23.2 Å². The van der Waals surface area contributed by atoms with Crippen molar-refractivity contribution in [3.8, 4) is 5.75 Å². The first kappa shape index (κ1) is 36.5. The van der Waals surface area contributed by atoms with Crippen LogP contribution in [0.4, 0.5) is 0 Å². The average molecular weight is 617 g/mol. The summed E-state index contributed by atoms with van der Waals surface area (Å²) in [5.74, 6) is 0.311. The molecule has 0 amide bonds. The Bertz CT molecular complexity index is 952. The van der Waals surface area contributed by atoms with Crippen LogP contribution in [0.2, 0.25) is 0 Å². The Hall–Kier alpha value is -0.680. The maximum Gasteiger partial charge on any atom is 0.346 e. The summed E-state index contributed by atoms with van der Waals surface area (Å²) in [5.41, 5.74) is 3.33. The lowest BCUT2D eigenvalue weighted by Crippen LogP contribution is -2.24. The second-order valence-electron chi connectivity index (χ2n) is 12.4. The fourth-order valence-corrected chi connectivity index (χ4v) is 10.7. The van der Waals surface area contributed by atoms with E-state index in [1.54, 1.807) is 0 Å². The molecule has 0 aromatic heterocycles. The average Bonchev–Trinajstić information content (AvgIpc) is 2.91. The molecule has 238 valence electrons. The summed E-state index contributed by atoms with van der Waals surface area (Å²) in [7, 11) is -7.97. The molecule has 41 heavy (non-hydrogen) atoms. The molecule has 1 aromatic rings. The van der Waals surface area contributed by atoms with E-state index in [1.807, 2.05) is 27.7 Å². The fourth-order valence-electron chi connectivity index (χ4n) is 5.30. The molecule has 1 aromatic carbocycles. The van der Waals surface area contributed by atoms with Crippen LogP contribution in [0.15, 0.2) is 6.07 Å². The van der Waals surface area contributed by atoms with E-state index in [2.05, 4.69) is 26.8 Å². The Morgan fingerprint density at radius 3 is 1.56 bits per heavy atom. The predicted octanol–water partition coefficient (Wildman–Crippen LogP) is 10.1. The second-order valence-corrected chi connectivity index (χ2v) is 17.2. The number of aromatic hydroxyl groups is 1. The molecule has 0 spiro atoms. The van der Waals surface area contributed by atoms with Crippen LogP contribution in [0, 0.1) is 0 Å². The van der Waals surface area contributed by atoms with E-state index in [-0.39, 0.29) is 32.8 Å². The molecule has 2 rings (SSSR count). The first-order valence-electron chi connectivity index (χ1n) is 16.1. The second kappa shape index (κ2) is 17.6. The SMILES string of the molecule is CCCCOP(=O)(OCCCC)C(Cc1cc2c(c(O)c1C(C)(C)C)CCCC2)P(=O)(OCCCC)OCCCC. The largest absolute Gasteiger partial charge is 0.507 e. The lowest BCUT2D eigenvalue weighted by atomic mass is 9.77. The van der Waals surface area contributed by atoms with Gasteiger partial charge in [-0.25, -0.2) is 0 Å². The van der Waals surface area contributed by atoms with E-state index in [0.29, 0.717) is 31.4 Å². The van der Waals surface area contributed by atoms with Gasteiger partial charge in [-0.2, -0.15) is 0 Å². The van der Waals surface area contributed by atoms with E-state index in [4.69, 9.17) is 18.1 Å². The van der Waals surface area contributed by atoms with Crippen molar-refractivity contribution in [2.24, 2.45) is 0 Å². The molecular weight excluding hydrogens is 558 g/mol. The zero-order valence-corrected chi connectivity index (χ0v) is 28.8. The summed E-state index contributed by atoms with van der Waals surface area (Å²) >= 11 is 0. The molecule has 0 fully saturated rings. The lowest BCUT2D eigenvalue weighted by Gasteiger charge is -2.35. The van der Waals surface area contributed by atoms with Gasteiger partial charge in [-0.3, -0.25) is 9.13 Å². The quantitative estimate of drug-likeness (QED) is 0.115. The number of hydrogen-bond donors (Lipinski definition) is 1. The van der Waals surface area contributed by atoms with E-state index in [1.165, 1.54) is 0 Å². The van der Waals surface area contributed by atoms with Crippen molar-refractivity contribution in [3.63, 3.8) is 0 Å². The highest BCUT2D eigenvalue weighted by Crippen LogP contribution is 2.71. The third-order valence-corrected chi connectivity index (χ3v) is 13.4. The van der Waals surface area contributed by atoms with Gasteiger partial charge >= 0.3 is 15.2 Å². The molecule has 0 radical (unpaired) electrons. The highest BCUT2D eigenvalue weighted by atomic mass is 31.2. The van der Waals surface area contributed by atoms with Crippen LogP contribution in [-0.4, -0.2) is 36.9 Å². The van der Waals surface area contributed by atoms with Crippen LogP contribution in [-0.2, 0) is 51.9 Å². The molecule has 1 aliphatic rings. The van der Waals surface area contributed by atoms with Gasteiger partial charge in [0, 0.05) is 5.56 Å². The highest BCUT2D eigenvalue weighted by Gasteiger charge is 2.51. The Morgan fingerprint density at radius 1 is 0.756 bits per heavy atom. The van der Waals surface area contributed by atoms with E-state index in [9.17, 15) is 14.2 Å². The number of rotatable bonds is 20. The maximum atomic E-state index is 14.9. The molecule has 7 nitrogen and oxygen atoms in total. The van der Waals surface area contributed by atoms with Crippen LogP contribution < -0.4 is 0 Å². The van der Waals surface area contributed by atoms with Crippen molar-refractivity contribution in [1.82, 2.24) is 0 Å². The van der Waals surface area contributed by atoms with Gasteiger partial charge in [0.2, 0.25) is 0 Å². The van der Waals surface area contributed by atoms with Crippen molar-refractivity contribution in [3.05, 3.63) is 28.3 Å². The molecule has 0 bridgehead atoms. The van der Waals surface area contributed by atoms with Crippen molar-refractivity contribution in [1.29, 1.82) is 0 Å². The zero-order valence-electron chi connectivity index (χ0n) is 27.0. The molecular formula is C32H58O7P2. The standard InChI is InChI=1S/C32H58O7P2/c1-8-12-20-36-40(34,37-21-13-9-2)29(41(35,38-22-14-10-3)39-23-15-11-4)25-27-24-26-18-16-17-19-28(26)31(33)30(27)32(5,6)7/h24,29,33H,8-23,25H2,1-7H3. The predicted molar refractivity (Wildman–Crippen MR) is 170 cm³/mol. The van der Waals surface area contributed by atoms with E-state index in [0.717, 1.165) is 73.6 Å². The minimum Gasteiger partial charge on any atom is -0.507 e. The van der Waals surface area contributed by atoms with Gasteiger partial charge in [0.25, 0.3) is 0 Å². The van der Waals surface area contributed by atoms with Crippen molar-refractivity contribution in [2.45, 2.75) is 143 Å². The zero-order chi connectivity index (χ0) is 30.5. The number of aryl methyl sites for hydroxylation is 1. The number of hydrogen-bond acceptors (Lipinski definition) is 7. The van der Waals surface area contributed by atoms with E-state index < -0.39 is 26.0 Å². The Labute approximate surface area is 250 Å². The fraction of sp³-hybridized carbons (Fsp3) is 0.812. The van der Waals surface area contributed by atoms with Gasteiger partial charge in [-0.1, -0.05) is 80.2 Å². The van der Waals surface area contributed by atoms with E-state index >= 15 is 0 Å². The Balaban J connectivity index is 2.75. The Morgan fingerprint density at radius 2 is 1.17 bits per heavy atom. The molecule has 1 N–H and O–H groups in total. The molecule has 0 aliphatic heterocycles.